The molecule has 5 nitrogen and oxygen atoms in total. The molecule has 0 spiro atoms. The van der Waals surface area contributed by atoms with Crippen LogP contribution in [0.4, 0.5) is 4.79 Å². The van der Waals surface area contributed by atoms with Gasteiger partial charge in [-0.15, -0.1) is 0 Å². The summed E-state index contributed by atoms with van der Waals surface area (Å²) in [5.41, 5.74) is 4.65. The van der Waals surface area contributed by atoms with E-state index in [1.54, 1.807) is 0 Å². The van der Waals surface area contributed by atoms with Gasteiger partial charge < -0.3 is 21.1 Å². The molecule has 9 heavy (non-hydrogen) atoms. The van der Waals surface area contributed by atoms with Gasteiger partial charge in [-0.25, -0.2) is 4.79 Å². The van der Waals surface area contributed by atoms with E-state index in [0.29, 0.717) is 0 Å². The lowest BCUT2D eigenvalue weighted by molar-refractivity contribution is -0.217. The number of primary amides is 1. The SMILES string of the molecule is CN=C([O-])CNC(N)=O. The summed E-state index contributed by atoms with van der Waals surface area (Å²) in [6.45, 7) is -0.119. The summed E-state index contributed by atoms with van der Waals surface area (Å²) in [5.74, 6) is -0.395. The fourth-order valence-corrected chi connectivity index (χ4v) is 0.242. The van der Waals surface area contributed by atoms with E-state index in [9.17, 15) is 9.90 Å². The average molecular weight is 130 g/mol. The lowest BCUT2D eigenvalue weighted by Crippen LogP contribution is -2.38. The molecule has 0 heterocycles. The van der Waals surface area contributed by atoms with E-state index in [4.69, 9.17) is 0 Å². The van der Waals surface area contributed by atoms with Crippen LogP contribution in [0.15, 0.2) is 4.99 Å². The number of aliphatic imine (C=N–C) groups is 1. The first kappa shape index (κ1) is 7.74. The number of carbonyl (C=O) groups excluding carboxylic acids is 1. The largest absolute Gasteiger partial charge is 0.861 e. The molecule has 0 aliphatic carbocycles. The van der Waals surface area contributed by atoms with Crippen molar-refractivity contribution in [3.63, 3.8) is 0 Å². The summed E-state index contributed by atoms with van der Waals surface area (Å²) >= 11 is 0. The highest BCUT2D eigenvalue weighted by Gasteiger charge is 1.86. The van der Waals surface area contributed by atoms with E-state index < -0.39 is 11.9 Å². The van der Waals surface area contributed by atoms with E-state index in [1.807, 2.05) is 0 Å². The first-order chi connectivity index (χ1) is 4.16. The van der Waals surface area contributed by atoms with Crippen molar-refractivity contribution in [3.8, 4) is 0 Å². The molecule has 0 rings (SSSR count). The standard InChI is InChI=1S/C4H9N3O2/c1-6-3(8)2-7-4(5)9/h2H2,1H3,(H,6,8)(H3,5,7,9)/p-1. The summed E-state index contributed by atoms with van der Waals surface area (Å²) in [6, 6.07) is -0.716. The smallest absolute Gasteiger partial charge is 0.312 e. The van der Waals surface area contributed by atoms with Crippen LogP contribution in [-0.4, -0.2) is 25.5 Å². The Morgan fingerprint density at radius 3 is 2.78 bits per heavy atom. The molecule has 0 radical (unpaired) electrons. The summed E-state index contributed by atoms with van der Waals surface area (Å²) in [7, 11) is 1.35. The molecule has 0 fully saturated rings. The quantitative estimate of drug-likeness (QED) is 0.335. The van der Waals surface area contributed by atoms with Crippen LogP contribution in [-0.2, 0) is 0 Å². The summed E-state index contributed by atoms with van der Waals surface area (Å²) in [4.78, 5) is 13.2. The molecule has 0 atom stereocenters. The Morgan fingerprint density at radius 1 is 1.89 bits per heavy atom. The van der Waals surface area contributed by atoms with E-state index in [0.717, 1.165) is 0 Å². The molecule has 0 aromatic heterocycles. The van der Waals surface area contributed by atoms with Crippen molar-refractivity contribution in [2.45, 2.75) is 0 Å². The van der Waals surface area contributed by atoms with E-state index >= 15 is 0 Å². The van der Waals surface area contributed by atoms with Gasteiger partial charge in [-0.2, -0.15) is 0 Å². The van der Waals surface area contributed by atoms with Crippen molar-refractivity contribution in [2.75, 3.05) is 13.6 Å². The molecule has 0 aliphatic heterocycles. The van der Waals surface area contributed by atoms with Gasteiger partial charge in [0.25, 0.3) is 0 Å². The maximum atomic E-state index is 10.3. The van der Waals surface area contributed by atoms with Gasteiger partial charge in [0, 0.05) is 13.6 Å². The van der Waals surface area contributed by atoms with Crippen molar-refractivity contribution in [1.29, 1.82) is 0 Å². The van der Waals surface area contributed by atoms with Crippen LogP contribution >= 0.6 is 0 Å². The predicted molar refractivity (Wildman–Crippen MR) is 30.9 cm³/mol. The zero-order valence-electron chi connectivity index (χ0n) is 5.05. The Hall–Kier alpha value is -1.26. The van der Waals surface area contributed by atoms with E-state index in [-0.39, 0.29) is 6.54 Å². The summed E-state index contributed by atoms with van der Waals surface area (Å²) < 4.78 is 0. The number of urea groups is 1. The molecular weight excluding hydrogens is 122 g/mol. The van der Waals surface area contributed by atoms with Gasteiger partial charge in [0.05, 0.1) is 0 Å². The molecular formula is C4H8N3O2-. The average Bonchev–Trinajstić information content (AvgIpc) is 1.83. The molecule has 0 aromatic carbocycles. The van der Waals surface area contributed by atoms with Crippen molar-refractivity contribution in [1.82, 2.24) is 5.32 Å². The van der Waals surface area contributed by atoms with E-state index in [2.05, 4.69) is 16.0 Å². The second kappa shape index (κ2) is 3.71. The molecule has 3 N–H and O–H groups in total. The lowest BCUT2D eigenvalue weighted by atomic mass is 10.6. The molecule has 0 saturated carbocycles. The molecule has 0 aromatic rings. The van der Waals surface area contributed by atoms with Gasteiger partial charge in [0.2, 0.25) is 0 Å². The highest BCUT2D eigenvalue weighted by atomic mass is 16.3. The first-order valence-electron chi connectivity index (χ1n) is 2.32. The van der Waals surface area contributed by atoms with Crippen LogP contribution in [0.3, 0.4) is 0 Å². The fraction of sp³-hybridized carbons (Fsp3) is 0.500. The third-order valence-corrected chi connectivity index (χ3v) is 0.663. The third-order valence-electron chi connectivity index (χ3n) is 0.663. The van der Waals surface area contributed by atoms with Gasteiger partial charge in [-0.05, 0) is 5.90 Å². The minimum Gasteiger partial charge on any atom is -0.861 e. The van der Waals surface area contributed by atoms with Crippen molar-refractivity contribution >= 4 is 11.9 Å². The molecule has 5 heteroatoms. The topological polar surface area (TPSA) is 90.5 Å². The Labute approximate surface area is 52.6 Å². The summed E-state index contributed by atoms with van der Waals surface area (Å²) in [6.07, 6.45) is 0. The highest BCUT2D eigenvalue weighted by molar-refractivity contribution is 5.80. The minimum atomic E-state index is -0.716. The lowest BCUT2D eigenvalue weighted by Gasteiger charge is -2.07. The number of rotatable bonds is 2. The van der Waals surface area contributed by atoms with Gasteiger partial charge in [0.1, 0.15) is 0 Å². The Balaban J connectivity index is 3.39. The van der Waals surface area contributed by atoms with Gasteiger partial charge in [0.15, 0.2) is 0 Å². The molecule has 0 unspecified atom stereocenters. The molecule has 2 amide bonds. The molecule has 0 saturated heterocycles. The van der Waals surface area contributed by atoms with Crippen molar-refractivity contribution in [2.24, 2.45) is 10.7 Å². The van der Waals surface area contributed by atoms with Crippen LogP contribution in [0.5, 0.6) is 0 Å². The zero-order chi connectivity index (χ0) is 7.28. The third kappa shape index (κ3) is 4.60. The Bertz CT molecular complexity index is 132. The molecule has 0 aliphatic rings. The van der Waals surface area contributed by atoms with Crippen LogP contribution in [0.2, 0.25) is 0 Å². The maximum absolute atomic E-state index is 10.3. The zero-order valence-corrected chi connectivity index (χ0v) is 5.05. The minimum absolute atomic E-state index is 0.119. The molecule has 52 valence electrons. The first-order valence-corrected chi connectivity index (χ1v) is 2.32. The second-order valence-electron chi connectivity index (χ2n) is 1.34. The second-order valence-corrected chi connectivity index (χ2v) is 1.34. The monoisotopic (exact) mass is 130 g/mol. The number of hydrogen-bond donors (Lipinski definition) is 2. The van der Waals surface area contributed by atoms with Gasteiger partial charge in [-0.1, -0.05) is 0 Å². The van der Waals surface area contributed by atoms with Crippen LogP contribution in [0.25, 0.3) is 0 Å². The number of carbonyl (C=O) groups is 1. The van der Waals surface area contributed by atoms with Crippen molar-refractivity contribution < 1.29 is 9.90 Å². The predicted octanol–water partition coefficient (Wildman–Crippen LogP) is -1.96. The normalized spacial score (nSPS) is 11.0. The number of nitrogens with zero attached hydrogens (tertiary/aromatic N) is 1. The van der Waals surface area contributed by atoms with Crippen LogP contribution in [0.1, 0.15) is 0 Å². The van der Waals surface area contributed by atoms with E-state index in [1.165, 1.54) is 7.05 Å². The fourth-order valence-electron chi connectivity index (χ4n) is 0.242. The van der Waals surface area contributed by atoms with Gasteiger partial charge in [-0.3, -0.25) is 0 Å². The van der Waals surface area contributed by atoms with Crippen LogP contribution < -0.4 is 16.2 Å². The number of nitrogens with one attached hydrogen (secondary N) is 1. The van der Waals surface area contributed by atoms with Crippen molar-refractivity contribution in [3.05, 3.63) is 0 Å². The Kier molecular flexibility index (Phi) is 3.19. The Morgan fingerprint density at radius 2 is 2.44 bits per heavy atom. The molecule has 0 bridgehead atoms. The van der Waals surface area contributed by atoms with Crippen LogP contribution in [0, 0.1) is 0 Å². The highest BCUT2D eigenvalue weighted by Crippen LogP contribution is 1.60. The number of nitrogens with two attached hydrogens (primary N) is 1. The number of amides is 2. The number of hydrogen-bond acceptors (Lipinski definition) is 3. The summed E-state index contributed by atoms with van der Waals surface area (Å²) in [5, 5.41) is 12.4. The maximum Gasteiger partial charge on any atom is 0.312 e. The van der Waals surface area contributed by atoms with Gasteiger partial charge >= 0.3 is 6.03 Å².